The van der Waals surface area contributed by atoms with Crippen molar-refractivity contribution in [2.24, 2.45) is 0 Å². The Bertz CT molecular complexity index is 495. The second-order valence-electron chi connectivity index (χ2n) is 5.70. The lowest BCUT2D eigenvalue weighted by Gasteiger charge is -2.31. The third kappa shape index (κ3) is 3.17. The average Bonchev–Trinajstić information content (AvgIpc) is 3.08. The lowest BCUT2D eigenvalue weighted by molar-refractivity contribution is 0.0613. The quantitative estimate of drug-likeness (QED) is 0.904. The maximum atomic E-state index is 5.94. The lowest BCUT2D eigenvalue weighted by Crippen LogP contribution is -2.40. The van der Waals surface area contributed by atoms with Crippen LogP contribution in [0.2, 0.25) is 0 Å². The predicted molar refractivity (Wildman–Crippen MR) is 86.5 cm³/mol. The molecule has 0 aliphatic carbocycles. The Hall–Kier alpha value is -1.64. The van der Waals surface area contributed by atoms with Crippen molar-refractivity contribution in [1.82, 2.24) is 5.32 Å². The molecule has 21 heavy (non-hydrogen) atoms. The molecule has 110 valence electrons. The van der Waals surface area contributed by atoms with E-state index in [1.165, 1.54) is 24.0 Å². The molecule has 0 aromatic heterocycles. The first kappa shape index (κ1) is 14.3. The first-order valence-electron chi connectivity index (χ1n) is 7.76. The van der Waals surface area contributed by atoms with Gasteiger partial charge >= 0.3 is 0 Å². The van der Waals surface area contributed by atoms with Crippen molar-refractivity contribution in [3.05, 3.63) is 71.8 Å². The van der Waals surface area contributed by atoms with Crippen molar-refractivity contribution in [2.45, 2.75) is 30.9 Å². The van der Waals surface area contributed by atoms with Crippen LogP contribution in [0.4, 0.5) is 0 Å². The van der Waals surface area contributed by atoms with Crippen LogP contribution in [0.15, 0.2) is 60.7 Å². The van der Waals surface area contributed by atoms with E-state index in [1.807, 2.05) is 7.11 Å². The van der Waals surface area contributed by atoms with Gasteiger partial charge in [-0.15, -0.1) is 0 Å². The Balaban J connectivity index is 1.98. The number of nitrogens with one attached hydrogen (secondary N) is 1. The van der Waals surface area contributed by atoms with Gasteiger partial charge in [0, 0.05) is 19.1 Å². The van der Waals surface area contributed by atoms with Crippen LogP contribution in [0, 0.1) is 0 Å². The average molecular weight is 281 g/mol. The summed E-state index contributed by atoms with van der Waals surface area (Å²) in [6.45, 7) is 1.10. The summed E-state index contributed by atoms with van der Waals surface area (Å²) in [7, 11) is 1.84. The van der Waals surface area contributed by atoms with E-state index in [-0.39, 0.29) is 12.0 Å². The predicted octanol–water partition coefficient (Wildman–Crippen LogP) is 3.59. The topological polar surface area (TPSA) is 21.3 Å². The molecule has 1 heterocycles. The normalized spacial score (nSPS) is 19.8. The van der Waals surface area contributed by atoms with E-state index in [0.29, 0.717) is 6.04 Å². The zero-order valence-electron chi connectivity index (χ0n) is 12.5. The first-order chi connectivity index (χ1) is 10.4. The van der Waals surface area contributed by atoms with Crippen LogP contribution in [0.3, 0.4) is 0 Å². The highest BCUT2D eigenvalue weighted by Crippen LogP contribution is 2.33. The molecule has 0 saturated carbocycles. The monoisotopic (exact) mass is 281 g/mol. The van der Waals surface area contributed by atoms with Crippen molar-refractivity contribution in [1.29, 1.82) is 0 Å². The second-order valence-corrected chi connectivity index (χ2v) is 5.70. The smallest absolute Gasteiger partial charge is 0.0833 e. The number of rotatable bonds is 5. The van der Waals surface area contributed by atoms with Crippen LogP contribution < -0.4 is 5.32 Å². The zero-order chi connectivity index (χ0) is 14.5. The summed E-state index contributed by atoms with van der Waals surface area (Å²) in [6.07, 6.45) is 2.59. The van der Waals surface area contributed by atoms with E-state index in [2.05, 4.69) is 66.0 Å². The Kier molecular flexibility index (Phi) is 4.69. The number of ether oxygens (including phenoxy) is 1. The van der Waals surface area contributed by atoms with Crippen molar-refractivity contribution >= 4 is 0 Å². The molecule has 0 unspecified atom stereocenters. The summed E-state index contributed by atoms with van der Waals surface area (Å²) in [5, 5.41) is 3.60. The minimum atomic E-state index is 0.164. The van der Waals surface area contributed by atoms with Gasteiger partial charge in [0.25, 0.3) is 0 Å². The summed E-state index contributed by atoms with van der Waals surface area (Å²) >= 11 is 0. The molecule has 2 aromatic rings. The van der Waals surface area contributed by atoms with E-state index >= 15 is 0 Å². The van der Waals surface area contributed by atoms with Crippen molar-refractivity contribution in [3.8, 4) is 0 Å². The van der Waals surface area contributed by atoms with E-state index in [4.69, 9.17) is 4.74 Å². The van der Waals surface area contributed by atoms with E-state index in [1.54, 1.807) is 0 Å². The van der Waals surface area contributed by atoms with Crippen LogP contribution in [0.25, 0.3) is 0 Å². The Labute approximate surface area is 127 Å². The Morgan fingerprint density at radius 2 is 1.52 bits per heavy atom. The number of benzene rings is 2. The fraction of sp³-hybridized carbons (Fsp3) is 0.368. The first-order valence-corrected chi connectivity index (χ1v) is 7.76. The summed E-state index contributed by atoms with van der Waals surface area (Å²) in [5.74, 6) is 0.271. The van der Waals surface area contributed by atoms with Crippen LogP contribution in [0.1, 0.15) is 29.9 Å². The molecule has 1 fully saturated rings. The fourth-order valence-electron chi connectivity index (χ4n) is 3.42. The van der Waals surface area contributed by atoms with Gasteiger partial charge in [-0.25, -0.2) is 0 Å². The molecule has 1 aliphatic rings. The van der Waals surface area contributed by atoms with E-state index in [9.17, 15) is 0 Å². The molecule has 0 radical (unpaired) electrons. The minimum absolute atomic E-state index is 0.164. The van der Waals surface area contributed by atoms with Crippen molar-refractivity contribution in [3.63, 3.8) is 0 Å². The van der Waals surface area contributed by atoms with Gasteiger partial charge in [-0.1, -0.05) is 60.7 Å². The lowest BCUT2D eigenvalue weighted by atomic mass is 9.83. The zero-order valence-corrected chi connectivity index (χ0v) is 12.5. The van der Waals surface area contributed by atoms with Crippen LogP contribution in [0.5, 0.6) is 0 Å². The molecular formula is C19H23NO. The number of methoxy groups -OCH3 is 1. The Morgan fingerprint density at radius 3 is 1.95 bits per heavy atom. The maximum absolute atomic E-state index is 5.94. The summed E-state index contributed by atoms with van der Waals surface area (Å²) in [6, 6.07) is 21.8. The highest BCUT2D eigenvalue weighted by molar-refractivity contribution is 5.34. The molecule has 1 saturated heterocycles. The van der Waals surface area contributed by atoms with E-state index < -0.39 is 0 Å². The van der Waals surface area contributed by atoms with E-state index in [0.717, 1.165) is 6.54 Å². The molecule has 0 amide bonds. The molecule has 0 spiro atoms. The molecule has 1 N–H and O–H groups in total. The highest BCUT2D eigenvalue weighted by atomic mass is 16.5. The summed E-state index contributed by atoms with van der Waals surface area (Å²) < 4.78 is 5.94. The third-order valence-corrected chi connectivity index (χ3v) is 4.41. The highest BCUT2D eigenvalue weighted by Gasteiger charge is 2.33. The van der Waals surface area contributed by atoms with Gasteiger partial charge in [0.1, 0.15) is 0 Å². The molecule has 2 atom stereocenters. The summed E-state index contributed by atoms with van der Waals surface area (Å²) in [4.78, 5) is 0. The Morgan fingerprint density at radius 1 is 0.952 bits per heavy atom. The summed E-state index contributed by atoms with van der Waals surface area (Å²) in [5.41, 5.74) is 2.65. The molecular weight excluding hydrogens is 258 g/mol. The molecule has 2 nitrogen and oxygen atoms in total. The second kappa shape index (κ2) is 6.88. The number of hydrogen-bond acceptors (Lipinski definition) is 2. The molecule has 2 aromatic carbocycles. The van der Waals surface area contributed by atoms with Gasteiger partial charge in [0.05, 0.1) is 6.10 Å². The van der Waals surface area contributed by atoms with Gasteiger partial charge in [-0.05, 0) is 30.5 Å². The number of hydrogen-bond donors (Lipinski definition) is 1. The molecule has 0 bridgehead atoms. The molecule has 3 rings (SSSR count). The minimum Gasteiger partial charge on any atom is -0.379 e. The third-order valence-electron chi connectivity index (χ3n) is 4.41. The van der Waals surface area contributed by atoms with Crippen molar-refractivity contribution < 1.29 is 4.74 Å². The largest absolute Gasteiger partial charge is 0.379 e. The fourth-order valence-corrected chi connectivity index (χ4v) is 3.42. The van der Waals surface area contributed by atoms with Gasteiger partial charge in [-0.2, -0.15) is 0 Å². The van der Waals surface area contributed by atoms with Crippen LogP contribution >= 0.6 is 0 Å². The SMILES string of the molecule is CO[C@@H](C(c1ccccc1)c1ccccc1)[C@H]1CCCN1. The van der Waals surface area contributed by atoms with Gasteiger partial charge in [-0.3, -0.25) is 0 Å². The maximum Gasteiger partial charge on any atom is 0.0833 e. The standard InChI is InChI=1S/C19H23NO/c1-21-19(17-13-8-14-20-17)18(15-9-4-2-5-10-15)16-11-6-3-7-12-16/h2-7,9-12,17-20H,8,13-14H2,1H3/t17-,19-/m1/s1. The van der Waals surface area contributed by atoms with Gasteiger partial charge in [0.2, 0.25) is 0 Å². The van der Waals surface area contributed by atoms with Crippen LogP contribution in [-0.4, -0.2) is 25.8 Å². The van der Waals surface area contributed by atoms with Crippen LogP contribution in [-0.2, 0) is 4.74 Å². The molecule has 1 aliphatic heterocycles. The van der Waals surface area contributed by atoms with Gasteiger partial charge < -0.3 is 10.1 Å². The van der Waals surface area contributed by atoms with Gasteiger partial charge in [0.15, 0.2) is 0 Å². The molecule has 2 heteroatoms. The van der Waals surface area contributed by atoms with Crippen molar-refractivity contribution in [2.75, 3.05) is 13.7 Å².